The van der Waals surface area contributed by atoms with E-state index in [1.165, 1.54) is 0 Å². The van der Waals surface area contributed by atoms with Crippen LogP contribution in [-0.4, -0.2) is 24.5 Å². The van der Waals surface area contributed by atoms with Gasteiger partial charge in [0.15, 0.2) is 4.67 Å². The first kappa shape index (κ1) is 12.7. The van der Waals surface area contributed by atoms with Crippen molar-refractivity contribution >= 4 is 15.9 Å². The minimum absolute atomic E-state index is 0.159. The standard InChI is InChI=1S/C11H19BrN2O/c1-4-8(2)14(3)9(7-13)10-5-6-11(12)15-10/h5-6,8-9H,4,7,13H2,1-3H3. The summed E-state index contributed by atoms with van der Waals surface area (Å²) in [5.74, 6) is 0.923. The first-order valence-corrected chi connectivity index (χ1v) is 6.06. The average molecular weight is 275 g/mol. The molecule has 0 aliphatic rings. The summed E-state index contributed by atoms with van der Waals surface area (Å²) in [6.07, 6.45) is 1.11. The van der Waals surface area contributed by atoms with Crippen molar-refractivity contribution in [3.05, 3.63) is 22.6 Å². The molecule has 0 bridgehead atoms. The number of halogens is 1. The maximum absolute atomic E-state index is 5.79. The number of hydrogen-bond donors (Lipinski definition) is 1. The van der Waals surface area contributed by atoms with E-state index < -0.39 is 0 Å². The predicted molar refractivity (Wildman–Crippen MR) is 65.7 cm³/mol. The number of nitrogens with zero attached hydrogens (tertiary/aromatic N) is 1. The van der Waals surface area contributed by atoms with Crippen molar-refractivity contribution in [1.29, 1.82) is 0 Å². The fraction of sp³-hybridized carbons (Fsp3) is 0.636. The van der Waals surface area contributed by atoms with Crippen LogP contribution in [0.15, 0.2) is 21.2 Å². The van der Waals surface area contributed by atoms with Gasteiger partial charge in [0.05, 0.1) is 6.04 Å². The van der Waals surface area contributed by atoms with Crippen molar-refractivity contribution in [2.45, 2.75) is 32.4 Å². The van der Waals surface area contributed by atoms with Gasteiger partial charge in [-0.05, 0) is 48.5 Å². The summed E-state index contributed by atoms with van der Waals surface area (Å²) in [5, 5.41) is 0. The summed E-state index contributed by atoms with van der Waals surface area (Å²) in [7, 11) is 2.09. The molecular weight excluding hydrogens is 256 g/mol. The molecule has 0 aliphatic carbocycles. The van der Waals surface area contributed by atoms with Gasteiger partial charge in [-0.25, -0.2) is 0 Å². The van der Waals surface area contributed by atoms with Crippen LogP contribution in [0.5, 0.6) is 0 Å². The first-order chi connectivity index (χ1) is 7.10. The van der Waals surface area contributed by atoms with Crippen LogP contribution in [-0.2, 0) is 0 Å². The molecule has 4 heteroatoms. The first-order valence-electron chi connectivity index (χ1n) is 5.27. The molecule has 1 rings (SSSR count). The Morgan fingerprint density at radius 2 is 2.20 bits per heavy atom. The van der Waals surface area contributed by atoms with Crippen LogP contribution in [0.1, 0.15) is 32.1 Å². The van der Waals surface area contributed by atoms with Gasteiger partial charge in [-0.15, -0.1) is 0 Å². The second-order valence-corrected chi connectivity index (χ2v) is 4.60. The minimum Gasteiger partial charge on any atom is -0.453 e. The Balaban J connectivity index is 2.79. The number of nitrogens with two attached hydrogens (primary N) is 1. The Kier molecular flexibility index (Phi) is 4.83. The summed E-state index contributed by atoms with van der Waals surface area (Å²) in [4.78, 5) is 2.26. The summed E-state index contributed by atoms with van der Waals surface area (Å²) in [6.45, 7) is 4.94. The second kappa shape index (κ2) is 5.68. The van der Waals surface area contributed by atoms with E-state index in [4.69, 9.17) is 10.2 Å². The molecule has 2 atom stereocenters. The zero-order valence-corrected chi connectivity index (χ0v) is 11.1. The SMILES string of the molecule is CCC(C)N(C)C(CN)c1ccc(Br)o1. The lowest BCUT2D eigenvalue weighted by Gasteiger charge is -2.30. The lowest BCUT2D eigenvalue weighted by Crippen LogP contribution is -2.36. The van der Waals surface area contributed by atoms with Crippen LogP contribution in [0.4, 0.5) is 0 Å². The lowest BCUT2D eigenvalue weighted by molar-refractivity contribution is 0.163. The molecule has 86 valence electrons. The highest BCUT2D eigenvalue weighted by atomic mass is 79.9. The summed E-state index contributed by atoms with van der Waals surface area (Å²) in [5.41, 5.74) is 5.79. The smallest absolute Gasteiger partial charge is 0.169 e. The van der Waals surface area contributed by atoms with Crippen molar-refractivity contribution in [2.75, 3.05) is 13.6 Å². The Hall–Kier alpha value is -0.320. The fourth-order valence-corrected chi connectivity index (χ4v) is 1.90. The van der Waals surface area contributed by atoms with Crippen LogP contribution < -0.4 is 5.73 Å². The third-order valence-electron chi connectivity index (χ3n) is 2.92. The zero-order valence-electron chi connectivity index (χ0n) is 9.53. The van der Waals surface area contributed by atoms with Gasteiger partial charge < -0.3 is 10.2 Å². The van der Waals surface area contributed by atoms with E-state index >= 15 is 0 Å². The lowest BCUT2D eigenvalue weighted by atomic mass is 10.1. The molecule has 1 heterocycles. The summed E-state index contributed by atoms with van der Waals surface area (Å²) >= 11 is 3.31. The van der Waals surface area contributed by atoms with Crippen LogP contribution >= 0.6 is 15.9 Å². The number of furan rings is 1. The fourth-order valence-electron chi connectivity index (χ4n) is 1.59. The summed E-state index contributed by atoms with van der Waals surface area (Å²) < 4.78 is 6.31. The number of hydrogen-bond acceptors (Lipinski definition) is 3. The monoisotopic (exact) mass is 274 g/mol. The molecule has 0 saturated carbocycles. The molecule has 0 fully saturated rings. The van der Waals surface area contributed by atoms with Crippen molar-refractivity contribution in [1.82, 2.24) is 4.90 Å². The molecule has 2 N–H and O–H groups in total. The minimum atomic E-state index is 0.159. The van der Waals surface area contributed by atoms with Gasteiger partial charge in [-0.1, -0.05) is 6.92 Å². The third-order valence-corrected chi connectivity index (χ3v) is 3.35. The van der Waals surface area contributed by atoms with Crippen molar-refractivity contribution in [3.8, 4) is 0 Å². The van der Waals surface area contributed by atoms with Gasteiger partial charge in [-0.3, -0.25) is 4.90 Å². The van der Waals surface area contributed by atoms with Crippen LogP contribution in [0.25, 0.3) is 0 Å². The number of likely N-dealkylation sites (N-methyl/N-ethyl adjacent to an activating group) is 1. The van der Waals surface area contributed by atoms with E-state index in [1.807, 2.05) is 12.1 Å². The van der Waals surface area contributed by atoms with Gasteiger partial charge in [0.1, 0.15) is 5.76 Å². The van der Waals surface area contributed by atoms with E-state index in [9.17, 15) is 0 Å². The van der Waals surface area contributed by atoms with E-state index in [-0.39, 0.29) is 6.04 Å². The highest BCUT2D eigenvalue weighted by molar-refractivity contribution is 9.10. The molecule has 15 heavy (non-hydrogen) atoms. The Labute approximate surface area is 99.7 Å². The average Bonchev–Trinajstić information content (AvgIpc) is 2.64. The molecule has 2 unspecified atom stereocenters. The zero-order chi connectivity index (χ0) is 11.4. The number of rotatable bonds is 5. The molecule has 0 amide bonds. The Morgan fingerprint density at radius 3 is 2.60 bits per heavy atom. The Bertz CT molecular complexity index is 301. The van der Waals surface area contributed by atoms with Crippen LogP contribution in [0.3, 0.4) is 0 Å². The molecule has 0 aliphatic heterocycles. The van der Waals surface area contributed by atoms with Gasteiger partial charge in [0, 0.05) is 12.6 Å². The largest absolute Gasteiger partial charge is 0.453 e. The van der Waals surface area contributed by atoms with Gasteiger partial charge in [0.2, 0.25) is 0 Å². The quantitative estimate of drug-likeness (QED) is 0.898. The third kappa shape index (κ3) is 3.06. The normalized spacial score (nSPS) is 15.6. The van der Waals surface area contributed by atoms with E-state index in [2.05, 4.69) is 41.7 Å². The molecule has 3 nitrogen and oxygen atoms in total. The van der Waals surface area contributed by atoms with Gasteiger partial charge >= 0.3 is 0 Å². The second-order valence-electron chi connectivity index (χ2n) is 3.82. The molecular formula is C11H19BrN2O. The van der Waals surface area contributed by atoms with E-state index in [0.29, 0.717) is 12.6 Å². The predicted octanol–water partition coefficient (Wildman–Crippen LogP) is 2.77. The van der Waals surface area contributed by atoms with Crippen molar-refractivity contribution < 1.29 is 4.42 Å². The molecule has 0 saturated heterocycles. The van der Waals surface area contributed by atoms with Crippen molar-refractivity contribution in [2.24, 2.45) is 5.73 Å². The highest BCUT2D eigenvalue weighted by Gasteiger charge is 2.21. The molecule has 0 aromatic carbocycles. The van der Waals surface area contributed by atoms with Crippen LogP contribution in [0, 0.1) is 0 Å². The highest BCUT2D eigenvalue weighted by Crippen LogP contribution is 2.25. The van der Waals surface area contributed by atoms with Crippen molar-refractivity contribution in [3.63, 3.8) is 0 Å². The van der Waals surface area contributed by atoms with Gasteiger partial charge in [-0.2, -0.15) is 0 Å². The topological polar surface area (TPSA) is 42.4 Å². The maximum atomic E-state index is 5.79. The molecule has 1 aromatic heterocycles. The Morgan fingerprint density at radius 1 is 1.53 bits per heavy atom. The van der Waals surface area contributed by atoms with Gasteiger partial charge in [0.25, 0.3) is 0 Å². The molecule has 1 aromatic rings. The maximum Gasteiger partial charge on any atom is 0.169 e. The molecule has 0 radical (unpaired) electrons. The summed E-state index contributed by atoms with van der Waals surface area (Å²) in [6, 6.07) is 4.54. The van der Waals surface area contributed by atoms with Crippen LogP contribution in [0.2, 0.25) is 0 Å². The molecule has 0 spiro atoms. The van der Waals surface area contributed by atoms with E-state index in [1.54, 1.807) is 0 Å². The van der Waals surface area contributed by atoms with E-state index in [0.717, 1.165) is 16.9 Å².